The monoisotopic (exact) mass is 206 g/mol. The Hall–Kier alpha value is -1.75. The number of aromatic carboxylic acids is 1. The van der Waals surface area contributed by atoms with Crippen molar-refractivity contribution in [2.45, 2.75) is 0 Å². The second-order valence-corrected chi connectivity index (χ2v) is 3.65. The van der Waals surface area contributed by atoms with Gasteiger partial charge < -0.3 is 5.11 Å². The minimum absolute atomic E-state index is 0.261. The maximum absolute atomic E-state index is 10.7. The van der Waals surface area contributed by atoms with Crippen LogP contribution in [0.25, 0.3) is 10.2 Å². The number of hydrogen-bond donors (Lipinski definition) is 1. The van der Waals surface area contributed by atoms with Gasteiger partial charge in [0.15, 0.2) is 0 Å². The fourth-order valence-corrected chi connectivity index (χ4v) is 1.92. The molecule has 0 atom stereocenters. The number of fused-ring (bicyclic) bond motifs is 1. The first-order valence-electron chi connectivity index (χ1n) is 3.81. The van der Waals surface area contributed by atoms with E-state index >= 15 is 0 Å². The molecule has 1 aromatic carbocycles. The molecule has 14 heavy (non-hydrogen) atoms. The highest BCUT2D eigenvalue weighted by Gasteiger charge is 2.06. The number of aromatic nitrogens is 1. The Kier molecular flexibility index (Phi) is 2.01. The smallest absolute Gasteiger partial charge is 0.335 e. The predicted octanol–water partition coefficient (Wildman–Crippen LogP) is 2.33. The quantitative estimate of drug-likeness (QED) is 0.767. The molecule has 0 saturated carbocycles. The lowest BCUT2D eigenvalue weighted by Gasteiger charge is -1.91. The molecule has 1 heterocycles. The summed E-state index contributed by atoms with van der Waals surface area (Å²) in [6.07, 6.45) is 0. The second-order valence-electron chi connectivity index (χ2n) is 2.64. The van der Waals surface area contributed by atoms with E-state index in [4.69, 9.17) is 5.11 Å². The van der Waals surface area contributed by atoms with Gasteiger partial charge in [-0.3, -0.25) is 0 Å². The Morgan fingerprint density at radius 3 is 3.00 bits per heavy atom. The number of carboxylic acids is 1. The average Bonchev–Trinajstić information content (AvgIpc) is 2.58. The first kappa shape index (κ1) is 8.83. The SMILES string of the molecule is C=Nc1nc2ccc(C(=O)O)cc2s1. The number of benzene rings is 1. The van der Waals surface area contributed by atoms with Crippen LogP contribution in [0, 0.1) is 0 Å². The van der Waals surface area contributed by atoms with Gasteiger partial charge in [-0.25, -0.2) is 14.8 Å². The van der Waals surface area contributed by atoms with Crippen molar-refractivity contribution in [3.8, 4) is 0 Å². The number of carbonyl (C=O) groups is 1. The van der Waals surface area contributed by atoms with Crippen LogP contribution in [-0.2, 0) is 0 Å². The van der Waals surface area contributed by atoms with Crippen LogP contribution in [0.3, 0.4) is 0 Å². The minimum atomic E-state index is -0.937. The van der Waals surface area contributed by atoms with Crippen LogP contribution in [0.15, 0.2) is 23.2 Å². The van der Waals surface area contributed by atoms with Gasteiger partial charge >= 0.3 is 5.97 Å². The number of rotatable bonds is 2. The molecule has 2 rings (SSSR count). The lowest BCUT2D eigenvalue weighted by molar-refractivity contribution is 0.0697. The van der Waals surface area contributed by atoms with Gasteiger partial charge in [0.1, 0.15) is 0 Å². The van der Waals surface area contributed by atoms with E-state index in [-0.39, 0.29) is 5.56 Å². The van der Waals surface area contributed by atoms with Crippen LogP contribution in [-0.4, -0.2) is 22.8 Å². The van der Waals surface area contributed by atoms with Crippen molar-refractivity contribution >= 4 is 39.4 Å². The van der Waals surface area contributed by atoms with Crippen LogP contribution < -0.4 is 0 Å². The number of thiazole rings is 1. The maximum Gasteiger partial charge on any atom is 0.335 e. The molecule has 0 radical (unpaired) electrons. The Morgan fingerprint density at radius 1 is 1.57 bits per heavy atom. The molecule has 0 bridgehead atoms. The van der Waals surface area contributed by atoms with Crippen molar-refractivity contribution in [2.75, 3.05) is 0 Å². The number of carboxylic acid groups (broad SMARTS) is 1. The van der Waals surface area contributed by atoms with E-state index in [0.29, 0.717) is 5.13 Å². The Bertz CT molecular complexity index is 519. The average molecular weight is 206 g/mol. The summed E-state index contributed by atoms with van der Waals surface area (Å²) in [5.74, 6) is -0.937. The normalized spacial score (nSPS) is 10.3. The van der Waals surface area contributed by atoms with E-state index in [1.807, 2.05) is 0 Å². The summed E-state index contributed by atoms with van der Waals surface area (Å²) in [4.78, 5) is 18.5. The highest BCUT2D eigenvalue weighted by molar-refractivity contribution is 7.22. The van der Waals surface area contributed by atoms with Gasteiger partial charge in [-0.15, -0.1) is 0 Å². The van der Waals surface area contributed by atoms with Gasteiger partial charge in [0.25, 0.3) is 0 Å². The van der Waals surface area contributed by atoms with Gasteiger partial charge in [-0.2, -0.15) is 0 Å². The standard InChI is InChI=1S/C9H6N2O2S/c1-10-9-11-6-3-2-5(8(12)13)4-7(6)14-9/h2-4H,1H2,(H,12,13). The lowest BCUT2D eigenvalue weighted by Crippen LogP contribution is -1.94. The van der Waals surface area contributed by atoms with Gasteiger partial charge in [-0.1, -0.05) is 11.3 Å². The molecule has 1 aromatic heterocycles. The Labute approximate surface area is 83.6 Å². The third kappa shape index (κ3) is 1.38. The van der Waals surface area contributed by atoms with Crippen molar-refractivity contribution in [1.82, 2.24) is 4.98 Å². The van der Waals surface area contributed by atoms with Crippen molar-refractivity contribution < 1.29 is 9.90 Å². The van der Waals surface area contributed by atoms with Gasteiger partial charge in [0.2, 0.25) is 5.13 Å². The summed E-state index contributed by atoms with van der Waals surface area (Å²) in [7, 11) is 0. The zero-order valence-electron chi connectivity index (χ0n) is 7.10. The number of hydrogen-bond acceptors (Lipinski definition) is 4. The molecule has 2 aromatic rings. The van der Waals surface area contributed by atoms with Crippen LogP contribution in [0.1, 0.15) is 10.4 Å². The van der Waals surface area contributed by atoms with Gasteiger partial charge in [0.05, 0.1) is 15.8 Å². The number of nitrogens with zero attached hydrogens (tertiary/aromatic N) is 2. The molecular weight excluding hydrogens is 200 g/mol. The van der Waals surface area contributed by atoms with Gasteiger partial charge in [0, 0.05) is 0 Å². The van der Waals surface area contributed by atoms with Crippen molar-refractivity contribution in [3.05, 3.63) is 23.8 Å². The number of aliphatic imine (C=N–C) groups is 1. The summed E-state index contributed by atoms with van der Waals surface area (Å²) in [5.41, 5.74) is 1.01. The molecule has 0 amide bonds. The Morgan fingerprint density at radius 2 is 2.36 bits per heavy atom. The molecule has 0 fully saturated rings. The van der Waals surface area contributed by atoms with E-state index in [2.05, 4.69) is 16.7 Å². The molecule has 0 saturated heterocycles. The van der Waals surface area contributed by atoms with E-state index in [0.717, 1.165) is 10.2 Å². The van der Waals surface area contributed by atoms with E-state index < -0.39 is 5.97 Å². The third-order valence-electron chi connectivity index (χ3n) is 1.76. The topological polar surface area (TPSA) is 62.5 Å². The summed E-state index contributed by atoms with van der Waals surface area (Å²) in [6, 6.07) is 4.78. The first-order valence-corrected chi connectivity index (χ1v) is 4.63. The highest BCUT2D eigenvalue weighted by Crippen LogP contribution is 2.28. The zero-order valence-corrected chi connectivity index (χ0v) is 7.91. The molecule has 1 N–H and O–H groups in total. The summed E-state index contributed by atoms with van der Waals surface area (Å²) in [6.45, 7) is 3.37. The second kappa shape index (κ2) is 3.19. The molecule has 0 aliphatic carbocycles. The molecule has 0 aliphatic heterocycles. The molecule has 4 nitrogen and oxygen atoms in total. The van der Waals surface area contributed by atoms with E-state index in [9.17, 15) is 4.79 Å². The summed E-state index contributed by atoms with van der Waals surface area (Å²) in [5, 5.41) is 9.31. The van der Waals surface area contributed by atoms with Crippen LogP contribution in [0.2, 0.25) is 0 Å². The third-order valence-corrected chi connectivity index (χ3v) is 2.71. The molecule has 0 aliphatic rings. The molecule has 0 unspecified atom stereocenters. The molecule has 5 heteroatoms. The highest BCUT2D eigenvalue weighted by atomic mass is 32.1. The van der Waals surface area contributed by atoms with Crippen LogP contribution >= 0.6 is 11.3 Å². The maximum atomic E-state index is 10.7. The van der Waals surface area contributed by atoms with Crippen molar-refractivity contribution in [1.29, 1.82) is 0 Å². The largest absolute Gasteiger partial charge is 0.478 e. The fraction of sp³-hybridized carbons (Fsp3) is 0. The van der Waals surface area contributed by atoms with E-state index in [1.165, 1.54) is 17.4 Å². The lowest BCUT2D eigenvalue weighted by atomic mass is 10.2. The fourth-order valence-electron chi connectivity index (χ4n) is 1.11. The van der Waals surface area contributed by atoms with Crippen molar-refractivity contribution in [2.24, 2.45) is 4.99 Å². The predicted molar refractivity (Wildman–Crippen MR) is 55.8 cm³/mol. The molecular formula is C9H6N2O2S. The molecule has 0 spiro atoms. The van der Waals surface area contributed by atoms with Crippen LogP contribution in [0.5, 0.6) is 0 Å². The van der Waals surface area contributed by atoms with Gasteiger partial charge in [-0.05, 0) is 24.9 Å². The Balaban J connectivity index is 2.65. The van der Waals surface area contributed by atoms with E-state index in [1.54, 1.807) is 12.1 Å². The van der Waals surface area contributed by atoms with Crippen molar-refractivity contribution in [3.63, 3.8) is 0 Å². The van der Waals surface area contributed by atoms with Crippen LogP contribution in [0.4, 0.5) is 5.13 Å². The zero-order chi connectivity index (χ0) is 10.1. The summed E-state index contributed by atoms with van der Waals surface area (Å²) < 4.78 is 0.812. The first-order chi connectivity index (χ1) is 6.70. The molecule has 70 valence electrons. The summed E-state index contributed by atoms with van der Waals surface area (Å²) >= 11 is 1.33. The minimum Gasteiger partial charge on any atom is -0.478 e.